The van der Waals surface area contributed by atoms with Crippen LogP contribution in [-0.4, -0.2) is 44.3 Å². The minimum absolute atomic E-state index is 0.225. The van der Waals surface area contributed by atoms with Gasteiger partial charge in [0.15, 0.2) is 0 Å². The SMILES string of the molecule is Cc1ccc(S(=O)(=O)N(C)C[C@H](Cl)CCCCCCCOC(=O)c2ccccc2)cc1. The Bertz CT molecular complexity index is 901. The standard InChI is InChI=1S/C24H32ClNO4S/c1-20-14-16-23(17-15-20)31(28,29)26(2)19-22(25)13-9-4-3-5-10-18-30-24(27)21-11-7-6-8-12-21/h6-8,11-12,14-17,22H,3-5,9-10,13,18-19H2,1-2H3/t22-/m1/s1. The fourth-order valence-corrected chi connectivity index (χ4v) is 4.84. The van der Waals surface area contributed by atoms with Crippen molar-refractivity contribution in [3.63, 3.8) is 0 Å². The van der Waals surface area contributed by atoms with Gasteiger partial charge in [-0.05, 0) is 44.0 Å². The van der Waals surface area contributed by atoms with Gasteiger partial charge in [-0.25, -0.2) is 13.2 Å². The van der Waals surface area contributed by atoms with E-state index in [1.54, 1.807) is 43.4 Å². The van der Waals surface area contributed by atoms with E-state index in [-0.39, 0.29) is 22.8 Å². The molecule has 0 aliphatic heterocycles. The van der Waals surface area contributed by atoms with E-state index < -0.39 is 10.0 Å². The van der Waals surface area contributed by atoms with Gasteiger partial charge in [-0.1, -0.05) is 61.6 Å². The first-order chi connectivity index (χ1) is 14.8. The van der Waals surface area contributed by atoms with Crippen molar-refractivity contribution in [2.24, 2.45) is 0 Å². The minimum atomic E-state index is -3.52. The van der Waals surface area contributed by atoms with Gasteiger partial charge in [0, 0.05) is 19.0 Å². The number of halogens is 1. The Labute approximate surface area is 191 Å². The zero-order chi connectivity index (χ0) is 22.7. The summed E-state index contributed by atoms with van der Waals surface area (Å²) in [5.41, 5.74) is 1.59. The zero-order valence-corrected chi connectivity index (χ0v) is 19.9. The molecular weight excluding hydrogens is 434 g/mol. The summed E-state index contributed by atoms with van der Waals surface area (Å²) in [4.78, 5) is 12.1. The van der Waals surface area contributed by atoms with Crippen LogP contribution in [0.3, 0.4) is 0 Å². The van der Waals surface area contributed by atoms with Crippen LogP contribution in [-0.2, 0) is 14.8 Å². The van der Waals surface area contributed by atoms with E-state index in [9.17, 15) is 13.2 Å². The molecule has 170 valence electrons. The molecule has 0 fully saturated rings. The summed E-state index contributed by atoms with van der Waals surface area (Å²) >= 11 is 6.39. The highest BCUT2D eigenvalue weighted by Gasteiger charge is 2.22. The average Bonchev–Trinajstić information content (AvgIpc) is 2.76. The number of nitrogens with zero attached hydrogens (tertiary/aromatic N) is 1. The molecule has 2 aromatic rings. The zero-order valence-electron chi connectivity index (χ0n) is 18.3. The summed E-state index contributed by atoms with van der Waals surface area (Å²) in [6, 6.07) is 15.8. The Morgan fingerprint density at radius 2 is 1.58 bits per heavy atom. The maximum atomic E-state index is 12.6. The largest absolute Gasteiger partial charge is 0.462 e. The quantitative estimate of drug-likeness (QED) is 0.225. The number of rotatable bonds is 13. The second kappa shape index (κ2) is 12.8. The lowest BCUT2D eigenvalue weighted by atomic mass is 10.1. The van der Waals surface area contributed by atoms with Crippen molar-refractivity contribution in [1.82, 2.24) is 4.31 Å². The van der Waals surface area contributed by atoms with Crippen molar-refractivity contribution in [3.05, 3.63) is 65.7 Å². The second-order valence-electron chi connectivity index (χ2n) is 7.75. The van der Waals surface area contributed by atoms with Crippen LogP contribution in [0.2, 0.25) is 0 Å². The third-order valence-electron chi connectivity index (χ3n) is 5.09. The first-order valence-electron chi connectivity index (χ1n) is 10.7. The molecule has 0 radical (unpaired) electrons. The van der Waals surface area contributed by atoms with E-state index >= 15 is 0 Å². The molecule has 1 atom stereocenters. The summed E-state index contributed by atoms with van der Waals surface area (Å²) in [7, 11) is -1.95. The number of unbranched alkanes of at least 4 members (excludes halogenated alkanes) is 4. The number of carbonyl (C=O) groups excluding carboxylic acids is 1. The van der Waals surface area contributed by atoms with Crippen molar-refractivity contribution in [2.45, 2.75) is 55.7 Å². The maximum absolute atomic E-state index is 12.6. The number of alkyl halides is 1. The van der Waals surface area contributed by atoms with Crippen LogP contribution < -0.4 is 0 Å². The van der Waals surface area contributed by atoms with Crippen molar-refractivity contribution < 1.29 is 17.9 Å². The van der Waals surface area contributed by atoms with Gasteiger partial charge >= 0.3 is 5.97 Å². The van der Waals surface area contributed by atoms with Crippen molar-refractivity contribution in [3.8, 4) is 0 Å². The Morgan fingerprint density at radius 1 is 0.968 bits per heavy atom. The summed E-state index contributed by atoms with van der Waals surface area (Å²) in [6.07, 6.45) is 5.57. The number of ether oxygens (including phenoxy) is 1. The lowest BCUT2D eigenvalue weighted by Gasteiger charge is -2.20. The van der Waals surface area contributed by atoms with E-state index in [1.165, 1.54) is 4.31 Å². The molecule has 31 heavy (non-hydrogen) atoms. The fourth-order valence-electron chi connectivity index (χ4n) is 3.18. The summed E-state index contributed by atoms with van der Waals surface area (Å²) in [5, 5.41) is -0.225. The number of carbonyl (C=O) groups is 1. The monoisotopic (exact) mass is 465 g/mol. The predicted octanol–water partition coefficient (Wildman–Crippen LogP) is 5.42. The van der Waals surface area contributed by atoms with Crippen LogP contribution in [0.25, 0.3) is 0 Å². The van der Waals surface area contributed by atoms with Crippen molar-refractivity contribution in [1.29, 1.82) is 0 Å². The third kappa shape index (κ3) is 8.63. The van der Waals surface area contributed by atoms with Gasteiger partial charge in [-0.15, -0.1) is 11.6 Å². The smallest absolute Gasteiger partial charge is 0.338 e. The predicted molar refractivity (Wildman–Crippen MR) is 125 cm³/mol. The highest BCUT2D eigenvalue weighted by molar-refractivity contribution is 7.89. The first kappa shape index (κ1) is 25.4. The van der Waals surface area contributed by atoms with Gasteiger partial charge in [-0.2, -0.15) is 4.31 Å². The summed E-state index contributed by atoms with van der Waals surface area (Å²) in [5.74, 6) is -0.282. The van der Waals surface area contributed by atoms with E-state index in [0.717, 1.165) is 44.1 Å². The summed E-state index contributed by atoms with van der Waals surface area (Å²) in [6.45, 7) is 2.63. The highest BCUT2D eigenvalue weighted by atomic mass is 35.5. The molecule has 0 aliphatic carbocycles. The van der Waals surface area contributed by atoms with Crippen molar-refractivity contribution >= 4 is 27.6 Å². The molecule has 0 spiro atoms. The molecule has 0 aromatic heterocycles. The molecule has 0 amide bonds. The first-order valence-corrected chi connectivity index (χ1v) is 12.6. The molecule has 2 aromatic carbocycles. The van der Waals surface area contributed by atoms with Gasteiger partial charge < -0.3 is 4.74 Å². The van der Waals surface area contributed by atoms with E-state index in [4.69, 9.17) is 16.3 Å². The second-order valence-corrected chi connectivity index (χ2v) is 10.4. The molecule has 0 aliphatic rings. The molecule has 0 saturated carbocycles. The highest BCUT2D eigenvalue weighted by Crippen LogP contribution is 2.18. The van der Waals surface area contributed by atoms with Crippen LogP contribution in [0, 0.1) is 6.92 Å². The number of benzene rings is 2. The molecule has 7 heteroatoms. The Kier molecular flexibility index (Phi) is 10.5. The van der Waals surface area contributed by atoms with E-state index in [2.05, 4.69) is 0 Å². The van der Waals surface area contributed by atoms with Crippen LogP contribution in [0.4, 0.5) is 0 Å². The number of aryl methyl sites for hydroxylation is 1. The van der Waals surface area contributed by atoms with E-state index in [1.807, 2.05) is 25.1 Å². The molecular formula is C24H32ClNO4S. The number of esters is 1. The maximum Gasteiger partial charge on any atom is 0.338 e. The van der Waals surface area contributed by atoms with Crippen LogP contribution in [0.1, 0.15) is 54.4 Å². The van der Waals surface area contributed by atoms with E-state index in [0.29, 0.717) is 12.2 Å². The van der Waals surface area contributed by atoms with Crippen LogP contribution in [0.5, 0.6) is 0 Å². The van der Waals surface area contributed by atoms with Gasteiger partial charge in [0.2, 0.25) is 10.0 Å². The molecule has 2 rings (SSSR count). The number of hydrogen-bond acceptors (Lipinski definition) is 4. The Balaban J connectivity index is 1.57. The number of hydrogen-bond donors (Lipinski definition) is 0. The molecule has 0 heterocycles. The number of sulfonamides is 1. The molecule has 0 N–H and O–H groups in total. The lowest BCUT2D eigenvalue weighted by molar-refractivity contribution is 0.0497. The molecule has 5 nitrogen and oxygen atoms in total. The summed E-state index contributed by atoms with van der Waals surface area (Å²) < 4.78 is 31.8. The average molecular weight is 466 g/mol. The van der Waals surface area contributed by atoms with Gasteiger partial charge in [0.1, 0.15) is 0 Å². The fraction of sp³-hybridized carbons (Fsp3) is 0.458. The topological polar surface area (TPSA) is 63.7 Å². The Morgan fingerprint density at radius 3 is 2.26 bits per heavy atom. The van der Waals surface area contributed by atoms with Gasteiger partial charge in [-0.3, -0.25) is 0 Å². The third-order valence-corrected chi connectivity index (χ3v) is 7.28. The Hall–Kier alpha value is -1.89. The van der Waals surface area contributed by atoms with Gasteiger partial charge in [0.25, 0.3) is 0 Å². The minimum Gasteiger partial charge on any atom is -0.462 e. The van der Waals surface area contributed by atoms with Crippen LogP contribution in [0.15, 0.2) is 59.5 Å². The molecule has 0 unspecified atom stereocenters. The lowest BCUT2D eigenvalue weighted by Crippen LogP contribution is -2.32. The van der Waals surface area contributed by atoms with Gasteiger partial charge in [0.05, 0.1) is 17.1 Å². The normalized spacial score (nSPS) is 12.6. The van der Waals surface area contributed by atoms with Crippen molar-refractivity contribution in [2.75, 3.05) is 20.2 Å². The van der Waals surface area contributed by atoms with Crippen LogP contribution >= 0.6 is 11.6 Å². The molecule has 0 bridgehead atoms. The molecule has 0 saturated heterocycles.